The molecule has 0 bridgehead atoms. The van der Waals surface area contributed by atoms with Crippen LogP contribution in [0.15, 0.2) is 77.7 Å². The first kappa shape index (κ1) is 25.3. The second kappa shape index (κ2) is 10.0. The van der Waals surface area contributed by atoms with Crippen molar-refractivity contribution in [2.45, 2.75) is 50.3 Å². The van der Waals surface area contributed by atoms with Crippen LogP contribution in [0.25, 0.3) is 0 Å². The Morgan fingerprint density at radius 3 is 2.20 bits per heavy atom. The summed E-state index contributed by atoms with van der Waals surface area (Å²) in [6.45, 7) is 5.32. The van der Waals surface area contributed by atoms with Crippen LogP contribution >= 0.6 is 0 Å². The minimum absolute atomic E-state index is 0.250. The van der Waals surface area contributed by atoms with Gasteiger partial charge in [0.25, 0.3) is 10.0 Å². The van der Waals surface area contributed by atoms with Crippen molar-refractivity contribution in [3.05, 3.63) is 95.1 Å². The van der Waals surface area contributed by atoms with Crippen molar-refractivity contribution in [1.29, 1.82) is 0 Å². The third kappa shape index (κ3) is 5.70. The zero-order valence-corrected chi connectivity index (χ0v) is 20.6. The van der Waals surface area contributed by atoms with Crippen molar-refractivity contribution >= 4 is 15.7 Å². The molecule has 0 spiro atoms. The Bertz CT molecular complexity index is 1270. The Kier molecular flexibility index (Phi) is 7.24. The number of halogens is 3. The van der Waals surface area contributed by atoms with Crippen molar-refractivity contribution in [3.8, 4) is 0 Å². The van der Waals surface area contributed by atoms with Crippen molar-refractivity contribution in [1.82, 2.24) is 4.90 Å². The fourth-order valence-electron chi connectivity index (χ4n) is 4.61. The van der Waals surface area contributed by atoms with Gasteiger partial charge in [0.2, 0.25) is 0 Å². The van der Waals surface area contributed by atoms with Crippen LogP contribution in [0.1, 0.15) is 35.1 Å². The molecule has 0 unspecified atom stereocenters. The molecule has 1 aliphatic rings. The largest absolute Gasteiger partial charge is 0.416 e. The van der Waals surface area contributed by atoms with Gasteiger partial charge in [-0.3, -0.25) is 9.21 Å². The fraction of sp³-hybridized carbons (Fsp3) is 0.333. The average molecular weight is 503 g/mol. The number of anilines is 1. The summed E-state index contributed by atoms with van der Waals surface area (Å²) in [6, 6.07) is 19.6. The maximum Gasteiger partial charge on any atom is 0.416 e. The van der Waals surface area contributed by atoms with Gasteiger partial charge in [0.05, 0.1) is 16.1 Å². The van der Waals surface area contributed by atoms with E-state index in [9.17, 15) is 21.6 Å². The second-order valence-corrected chi connectivity index (χ2v) is 10.9. The van der Waals surface area contributed by atoms with E-state index in [-0.39, 0.29) is 10.9 Å². The SMILES string of the molecule is Cc1ccc(N(C2CCN(Cc3cccc(C(F)(F)F)c3)CC2)S(=O)(=O)c2ccccc2C)cc1. The number of nitrogens with zero attached hydrogens (tertiary/aromatic N) is 2. The molecule has 0 aromatic heterocycles. The predicted octanol–water partition coefficient (Wildman–Crippen LogP) is 6.18. The summed E-state index contributed by atoms with van der Waals surface area (Å²) < 4.78 is 68.5. The van der Waals surface area contributed by atoms with Crippen LogP contribution in [0.2, 0.25) is 0 Å². The smallest absolute Gasteiger partial charge is 0.299 e. The molecule has 186 valence electrons. The van der Waals surface area contributed by atoms with Gasteiger partial charge in [-0.2, -0.15) is 13.2 Å². The topological polar surface area (TPSA) is 40.6 Å². The minimum Gasteiger partial charge on any atom is -0.299 e. The predicted molar refractivity (Wildman–Crippen MR) is 132 cm³/mol. The van der Waals surface area contributed by atoms with Crippen LogP contribution in [0.3, 0.4) is 0 Å². The number of likely N-dealkylation sites (tertiary alicyclic amines) is 1. The molecule has 1 aliphatic heterocycles. The summed E-state index contributed by atoms with van der Waals surface area (Å²) in [6.07, 6.45) is -3.21. The molecule has 1 saturated heterocycles. The molecule has 4 rings (SSSR count). The Labute approximate surface area is 205 Å². The lowest BCUT2D eigenvalue weighted by Gasteiger charge is -2.39. The van der Waals surface area contributed by atoms with E-state index < -0.39 is 21.8 Å². The number of piperidine rings is 1. The molecular weight excluding hydrogens is 473 g/mol. The number of benzene rings is 3. The Hall–Kier alpha value is -2.84. The molecule has 35 heavy (non-hydrogen) atoms. The van der Waals surface area contributed by atoms with Crippen LogP contribution in [-0.4, -0.2) is 32.4 Å². The third-order valence-corrected chi connectivity index (χ3v) is 8.51. The molecular formula is C27H29F3N2O2S. The highest BCUT2D eigenvalue weighted by molar-refractivity contribution is 7.93. The van der Waals surface area contributed by atoms with Gasteiger partial charge in [-0.05, 0) is 62.1 Å². The molecule has 0 amide bonds. The Morgan fingerprint density at radius 1 is 0.914 bits per heavy atom. The van der Waals surface area contributed by atoms with E-state index in [1.807, 2.05) is 37.3 Å². The fourth-order valence-corrected chi connectivity index (χ4v) is 6.55. The standard InChI is InChI=1S/C27H29F3N2O2S/c1-20-10-12-24(13-11-20)32(35(33,34)26-9-4-3-6-21(26)2)25-14-16-31(17-15-25)19-22-7-5-8-23(18-22)27(28,29)30/h3-13,18,25H,14-17,19H2,1-2H3. The number of sulfonamides is 1. The molecule has 1 fully saturated rings. The van der Waals surface area contributed by atoms with Gasteiger partial charge >= 0.3 is 6.18 Å². The lowest BCUT2D eigenvalue weighted by Crippen LogP contribution is -2.47. The number of alkyl halides is 3. The van der Waals surface area contributed by atoms with Gasteiger partial charge in [0.1, 0.15) is 0 Å². The van der Waals surface area contributed by atoms with E-state index >= 15 is 0 Å². The molecule has 3 aromatic rings. The highest BCUT2D eigenvalue weighted by atomic mass is 32.2. The normalized spacial score (nSPS) is 15.8. The molecule has 0 atom stereocenters. The molecule has 0 aliphatic carbocycles. The maximum atomic E-state index is 13.8. The number of rotatable bonds is 6. The molecule has 0 N–H and O–H groups in total. The molecule has 4 nitrogen and oxygen atoms in total. The van der Waals surface area contributed by atoms with E-state index in [0.29, 0.717) is 49.3 Å². The lowest BCUT2D eigenvalue weighted by atomic mass is 10.0. The molecule has 0 radical (unpaired) electrons. The molecule has 0 saturated carbocycles. The van der Waals surface area contributed by atoms with Crippen LogP contribution < -0.4 is 4.31 Å². The lowest BCUT2D eigenvalue weighted by molar-refractivity contribution is -0.137. The van der Waals surface area contributed by atoms with Crippen LogP contribution in [0.4, 0.5) is 18.9 Å². The molecule has 3 aromatic carbocycles. The summed E-state index contributed by atoms with van der Waals surface area (Å²) in [4.78, 5) is 2.37. The second-order valence-electron chi connectivity index (χ2n) is 9.11. The van der Waals surface area contributed by atoms with E-state index in [0.717, 1.165) is 11.6 Å². The van der Waals surface area contributed by atoms with Gasteiger partial charge in [0.15, 0.2) is 0 Å². The first-order chi connectivity index (χ1) is 16.6. The summed E-state index contributed by atoms with van der Waals surface area (Å²) in [7, 11) is -3.81. The number of aryl methyl sites for hydroxylation is 2. The summed E-state index contributed by atoms with van der Waals surface area (Å²) >= 11 is 0. The van der Waals surface area contributed by atoms with E-state index in [4.69, 9.17) is 0 Å². The van der Waals surface area contributed by atoms with Crippen LogP contribution in [0, 0.1) is 13.8 Å². The van der Waals surface area contributed by atoms with Crippen molar-refractivity contribution in [2.75, 3.05) is 17.4 Å². The third-order valence-electron chi connectivity index (χ3n) is 6.47. The van der Waals surface area contributed by atoms with Gasteiger partial charge in [0, 0.05) is 25.7 Å². The van der Waals surface area contributed by atoms with Crippen LogP contribution in [0.5, 0.6) is 0 Å². The quantitative estimate of drug-likeness (QED) is 0.404. The zero-order valence-electron chi connectivity index (χ0n) is 19.8. The van der Waals surface area contributed by atoms with Crippen molar-refractivity contribution < 1.29 is 21.6 Å². The van der Waals surface area contributed by atoms with Gasteiger partial charge in [-0.15, -0.1) is 0 Å². The van der Waals surface area contributed by atoms with E-state index in [1.54, 1.807) is 31.2 Å². The summed E-state index contributed by atoms with van der Waals surface area (Å²) in [5, 5.41) is 0. The average Bonchev–Trinajstić information content (AvgIpc) is 2.81. The summed E-state index contributed by atoms with van der Waals surface area (Å²) in [5.74, 6) is 0. The zero-order chi connectivity index (χ0) is 25.2. The van der Waals surface area contributed by atoms with E-state index in [1.165, 1.54) is 16.4 Å². The maximum absolute atomic E-state index is 13.8. The van der Waals surface area contributed by atoms with Gasteiger partial charge in [-0.1, -0.05) is 54.1 Å². The molecule has 8 heteroatoms. The van der Waals surface area contributed by atoms with Crippen molar-refractivity contribution in [2.24, 2.45) is 0 Å². The Balaban J connectivity index is 1.56. The minimum atomic E-state index is -4.37. The number of hydrogen-bond donors (Lipinski definition) is 0. The Morgan fingerprint density at radius 2 is 1.57 bits per heavy atom. The first-order valence-corrected chi connectivity index (χ1v) is 13.0. The van der Waals surface area contributed by atoms with Crippen LogP contribution in [-0.2, 0) is 22.7 Å². The number of hydrogen-bond acceptors (Lipinski definition) is 3. The van der Waals surface area contributed by atoms with Gasteiger partial charge < -0.3 is 0 Å². The highest BCUT2D eigenvalue weighted by Crippen LogP contribution is 2.33. The summed E-state index contributed by atoms with van der Waals surface area (Å²) in [5.41, 5.74) is 2.29. The molecule has 1 heterocycles. The van der Waals surface area contributed by atoms with Gasteiger partial charge in [-0.25, -0.2) is 8.42 Å². The van der Waals surface area contributed by atoms with Crippen molar-refractivity contribution in [3.63, 3.8) is 0 Å². The highest BCUT2D eigenvalue weighted by Gasteiger charge is 2.35. The monoisotopic (exact) mass is 502 g/mol. The van der Waals surface area contributed by atoms with E-state index in [2.05, 4.69) is 4.90 Å². The first-order valence-electron chi connectivity index (χ1n) is 11.6.